The molecule has 61 heavy (non-hydrogen) atoms. The van der Waals surface area contributed by atoms with Crippen LogP contribution in [0.4, 0.5) is 34.1 Å². The van der Waals surface area contributed by atoms with Crippen molar-refractivity contribution in [3.8, 4) is 0 Å². The molecule has 2 aromatic heterocycles. The zero-order valence-electron chi connectivity index (χ0n) is 35.6. The molecule has 0 aliphatic carbocycles. The van der Waals surface area contributed by atoms with Gasteiger partial charge in [0.25, 0.3) is 0 Å². The van der Waals surface area contributed by atoms with Gasteiger partial charge in [0.15, 0.2) is 11.2 Å². The third-order valence-electron chi connectivity index (χ3n) is 12.7. The van der Waals surface area contributed by atoms with Crippen molar-refractivity contribution in [3.63, 3.8) is 0 Å². The third kappa shape index (κ3) is 5.96. The third-order valence-corrected chi connectivity index (χ3v) is 12.7. The smallest absolute Gasteiger partial charge is 0.178 e. The van der Waals surface area contributed by atoms with E-state index in [1.54, 1.807) is 0 Å². The maximum absolute atomic E-state index is 6.87. The number of rotatable bonds is 6. The van der Waals surface area contributed by atoms with Crippen LogP contribution in [-0.4, -0.2) is 0 Å². The Morgan fingerprint density at radius 3 is 1.34 bits per heavy atom. The summed E-state index contributed by atoms with van der Waals surface area (Å²) in [7, 11) is 0. The SMILES string of the molecule is Cc1ccc(C)c(N(c2ccc3cc4c(cc3c2)oc2c4cc(C)c3c4cc5ccc(N(c6ccccc6C)c6cc(C)ccc6C)cc5cc4oc23)c2ccccc2C)c1. The summed E-state index contributed by atoms with van der Waals surface area (Å²) in [6.07, 6.45) is 0. The first-order valence-corrected chi connectivity index (χ1v) is 21.2. The van der Waals surface area contributed by atoms with Gasteiger partial charge in [0, 0.05) is 55.7 Å². The van der Waals surface area contributed by atoms with E-state index in [0.29, 0.717) is 0 Å². The summed E-state index contributed by atoms with van der Waals surface area (Å²) in [6.45, 7) is 15.2. The Morgan fingerprint density at radius 1 is 0.328 bits per heavy atom. The van der Waals surface area contributed by atoms with Crippen LogP contribution >= 0.6 is 0 Å². The van der Waals surface area contributed by atoms with Gasteiger partial charge in [-0.2, -0.15) is 0 Å². The minimum Gasteiger partial charge on any atom is -0.452 e. The molecule has 0 spiro atoms. The molecule has 9 aromatic carbocycles. The van der Waals surface area contributed by atoms with Crippen molar-refractivity contribution in [2.75, 3.05) is 9.80 Å². The van der Waals surface area contributed by atoms with Gasteiger partial charge in [0.1, 0.15) is 11.2 Å². The van der Waals surface area contributed by atoms with Crippen molar-refractivity contribution in [1.82, 2.24) is 0 Å². The summed E-state index contributed by atoms with van der Waals surface area (Å²) in [4.78, 5) is 4.77. The summed E-state index contributed by atoms with van der Waals surface area (Å²) >= 11 is 0. The van der Waals surface area contributed by atoms with Crippen LogP contribution in [0.25, 0.3) is 65.4 Å². The fraction of sp³-hybridized carbons (Fsp3) is 0.123. The number of aryl methyl sites for hydroxylation is 7. The Bertz CT molecular complexity index is 3590. The number of benzene rings is 9. The molecular weight excluding hydrogens is 745 g/mol. The van der Waals surface area contributed by atoms with Gasteiger partial charge in [-0.05, 0) is 188 Å². The van der Waals surface area contributed by atoms with E-state index in [1.165, 1.54) is 50.3 Å². The predicted molar refractivity (Wildman–Crippen MR) is 259 cm³/mol. The second-order valence-electron chi connectivity index (χ2n) is 17.1. The molecule has 0 aliphatic rings. The van der Waals surface area contributed by atoms with E-state index in [9.17, 15) is 0 Å². The number of para-hydroxylation sites is 2. The minimum absolute atomic E-state index is 0.782. The fourth-order valence-corrected chi connectivity index (χ4v) is 9.47. The molecular formula is C57H46N2O2. The van der Waals surface area contributed by atoms with Crippen LogP contribution in [0.1, 0.15) is 38.9 Å². The van der Waals surface area contributed by atoms with Crippen molar-refractivity contribution in [2.24, 2.45) is 0 Å². The van der Waals surface area contributed by atoms with Crippen molar-refractivity contribution in [1.29, 1.82) is 0 Å². The van der Waals surface area contributed by atoms with Crippen LogP contribution in [-0.2, 0) is 0 Å². The second-order valence-corrected chi connectivity index (χ2v) is 17.1. The van der Waals surface area contributed by atoms with Crippen LogP contribution < -0.4 is 9.80 Å². The molecule has 0 amide bonds. The first-order valence-electron chi connectivity index (χ1n) is 21.2. The summed E-state index contributed by atoms with van der Waals surface area (Å²) in [5.74, 6) is 0. The number of anilines is 6. The number of furan rings is 2. The first kappa shape index (κ1) is 36.8. The number of hydrogen-bond donors (Lipinski definition) is 0. The van der Waals surface area contributed by atoms with E-state index in [2.05, 4.69) is 210 Å². The van der Waals surface area contributed by atoms with Crippen LogP contribution in [0, 0.1) is 48.5 Å². The summed E-state index contributed by atoms with van der Waals surface area (Å²) in [6, 6.07) is 55.4. The predicted octanol–water partition coefficient (Wildman–Crippen LogP) is 16.9. The van der Waals surface area contributed by atoms with E-state index >= 15 is 0 Å². The minimum atomic E-state index is 0.782. The van der Waals surface area contributed by atoms with Crippen LogP contribution in [0.3, 0.4) is 0 Å². The van der Waals surface area contributed by atoms with Crippen LogP contribution in [0.5, 0.6) is 0 Å². The zero-order valence-corrected chi connectivity index (χ0v) is 35.6. The highest BCUT2D eigenvalue weighted by molar-refractivity contribution is 6.22. The largest absolute Gasteiger partial charge is 0.452 e. The molecule has 11 rings (SSSR count). The van der Waals surface area contributed by atoms with E-state index in [4.69, 9.17) is 8.83 Å². The molecule has 0 atom stereocenters. The molecule has 0 unspecified atom stereocenters. The Balaban J connectivity index is 1.06. The number of hydrogen-bond acceptors (Lipinski definition) is 4. The molecule has 0 aliphatic heterocycles. The molecule has 0 saturated carbocycles. The molecule has 0 N–H and O–H groups in total. The van der Waals surface area contributed by atoms with E-state index < -0.39 is 0 Å². The normalized spacial score (nSPS) is 11.9. The molecule has 4 nitrogen and oxygen atoms in total. The molecule has 2 heterocycles. The summed E-state index contributed by atoms with van der Waals surface area (Å²) in [5, 5.41) is 8.91. The average Bonchev–Trinajstić information content (AvgIpc) is 3.81. The van der Waals surface area contributed by atoms with Gasteiger partial charge in [0.2, 0.25) is 0 Å². The van der Waals surface area contributed by atoms with Gasteiger partial charge in [-0.25, -0.2) is 0 Å². The molecule has 11 aromatic rings. The van der Waals surface area contributed by atoms with Crippen molar-refractivity contribution < 1.29 is 8.83 Å². The highest BCUT2D eigenvalue weighted by atomic mass is 16.4. The standard InChI is InChI=1S/C57H46N2O2/c1-33-16-18-37(5)51(24-33)58(49-14-10-8-12-35(49)3)44-22-20-40-29-46-47-26-39(7)55-48-30-41-21-23-45(59(50-15-11-9-13-36(50)4)52-25-34(2)17-19-38(52)6)28-43(41)32-54(48)61-57(55)56(47)60-53(46)31-42(40)27-44/h8-32H,1-7H3. The highest BCUT2D eigenvalue weighted by Gasteiger charge is 2.22. The number of fused-ring (bicyclic) bond motifs is 9. The molecule has 0 bridgehead atoms. The number of nitrogens with zero attached hydrogens (tertiary/aromatic N) is 2. The Hall–Kier alpha value is -7.30. The van der Waals surface area contributed by atoms with E-state index in [0.717, 1.165) is 88.2 Å². The zero-order chi connectivity index (χ0) is 41.7. The lowest BCUT2D eigenvalue weighted by atomic mass is 9.99. The molecule has 4 heteroatoms. The van der Waals surface area contributed by atoms with Gasteiger partial charge in [0.05, 0.1) is 0 Å². The Labute approximate surface area is 355 Å². The Morgan fingerprint density at radius 2 is 0.803 bits per heavy atom. The topological polar surface area (TPSA) is 32.8 Å². The lowest BCUT2D eigenvalue weighted by molar-refractivity contribution is 0.633. The fourth-order valence-electron chi connectivity index (χ4n) is 9.47. The average molecular weight is 791 g/mol. The molecule has 0 radical (unpaired) electrons. The van der Waals surface area contributed by atoms with E-state index in [-0.39, 0.29) is 0 Å². The Kier molecular flexibility index (Phi) is 8.37. The molecule has 0 saturated heterocycles. The lowest BCUT2D eigenvalue weighted by Gasteiger charge is -2.29. The quantitative estimate of drug-likeness (QED) is 0.168. The van der Waals surface area contributed by atoms with Gasteiger partial charge < -0.3 is 18.6 Å². The van der Waals surface area contributed by atoms with Crippen molar-refractivity contribution >= 4 is 99.5 Å². The van der Waals surface area contributed by atoms with Gasteiger partial charge in [-0.15, -0.1) is 0 Å². The monoisotopic (exact) mass is 790 g/mol. The van der Waals surface area contributed by atoms with Crippen molar-refractivity contribution in [3.05, 3.63) is 191 Å². The van der Waals surface area contributed by atoms with Gasteiger partial charge in [-0.1, -0.05) is 72.8 Å². The van der Waals surface area contributed by atoms with E-state index in [1.807, 2.05) is 0 Å². The highest BCUT2D eigenvalue weighted by Crippen LogP contribution is 2.46. The molecule has 0 fully saturated rings. The van der Waals surface area contributed by atoms with Crippen LogP contribution in [0.15, 0.2) is 160 Å². The van der Waals surface area contributed by atoms with Gasteiger partial charge in [-0.3, -0.25) is 0 Å². The van der Waals surface area contributed by atoms with Crippen molar-refractivity contribution in [2.45, 2.75) is 48.5 Å². The summed E-state index contributed by atoms with van der Waals surface area (Å²) < 4.78 is 13.7. The molecule has 296 valence electrons. The van der Waals surface area contributed by atoms with Gasteiger partial charge >= 0.3 is 0 Å². The maximum Gasteiger partial charge on any atom is 0.178 e. The lowest BCUT2D eigenvalue weighted by Crippen LogP contribution is -2.12. The second kappa shape index (κ2) is 13.9. The first-order chi connectivity index (χ1) is 29.6. The van der Waals surface area contributed by atoms with Crippen LogP contribution in [0.2, 0.25) is 0 Å². The summed E-state index contributed by atoms with van der Waals surface area (Å²) in [5.41, 5.74) is 18.7. The maximum atomic E-state index is 6.87.